The van der Waals surface area contributed by atoms with Crippen LogP contribution in [0.5, 0.6) is 0 Å². The van der Waals surface area contributed by atoms with Gasteiger partial charge in [0.2, 0.25) is 20.0 Å². The number of hydrogen-bond donors (Lipinski definition) is 5. The standard InChI is InChI=1S/C24H34O5S.C11H16ClN3O4S2/c1-14(25)30-19-13-15-12-16(26)4-8-22(15,2)17-5-9-23(3)18(21(17)19)6-10-24(23,29)11-7-20(27)28;1-6(2)3-11-14-8-4-7(12)9(20(13,16)17)5-10(8)21(18,19)15-11/h12,17-19,21,29H,4-11,13H2,1-3H3,(H,27,28);4-6,11,14-15H,3H2,1-2H3,(H2,13,16,17)/t17-,18-,19+,21+,22-,23-,24?;/m0./s1. The summed E-state index contributed by atoms with van der Waals surface area (Å²) in [4.78, 5) is 34.9. The lowest BCUT2D eigenvalue weighted by Crippen LogP contribution is -2.58. The van der Waals surface area contributed by atoms with Crippen LogP contribution in [0.4, 0.5) is 5.69 Å². The lowest BCUT2D eigenvalue weighted by molar-refractivity contribution is -0.146. The number of carboxylic acid groups (broad SMARTS) is 1. The number of aliphatic carboxylic acids is 1. The number of benzene rings is 1. The number of carbonyl (C=O) groups excluding carboxylic acids is 2. The Bertz CT molecular complexity index is 1850. The Kier molecular flexibility index (Phi) is 11.3. The summed E-state index contributed by atoms with van der Waals surface area (Å²) in [6, 6.07) is 2.23. The first-order valence-corrected chi connectivity index (χ1v) is 21.8. The number of carbonyl (C=O) groups is 3. The molecule has 6 N–H and O–H groups in total. The van der Waals surface area contributed by atoms with Crippen molar-refractivity contribution in [1.29, 1.82) is 0 Å². The number of aliphatic hydroxyl groups is 1. The smallest absolute Gasteiger partial charge is 0.303 e. The van der Waals surface area contributed by atoms with Gasteiger partial charge in [-0.1, -0.05) is 56.6 Å². The minimum absolute atomic E-state index is 0.00444. The fraction of sp³-hybridized carbons (Fsp3) is 0.686. The monoisotopic (exact) mass is 787 g/mol. The highest BCUT2D eigenvalue weighted by molar-refractivity contribution is 8.14. The number of halogens is 1. The van der Waals surface area contributed by atoms with E-state index >= 15 is 0 Å². The number of rotatable bonds is 7. The summed E-state index contributed by atoms with van der Waals surface area (Å²) < 4.78 is 49.7. The zero-order chi connectivity index (χ0) is 37.9. The van der Waals surface area contributed by atoms with Crippen molar-refractivity contribution in [3.8, 4) is 0 Å². The topological polar surface area (TPSA) is 210 Å². The summed E-state index contributed by atoms with van der Waals surface area (Å²) in [6.07, 6.45) is 7.86. The molecule has 3 fully saturated rings. The molecule has 1 aromatic carbocycles. The second-order valence-electron chi connectivity index (χ2n) is 15.9. The van der Waals surface area contributed by atoms with Crippen LogP contribution in [-0.2, 0) is 34.4 Å². The Hall–Kier alpha value is -2.01. The van der Waals surface area contributed by atoms with Crippen LogP contribution < -0.4 is 15.2 Å². The van der Waals surface area contributed by atoms with Crippen molar-refractivity contribution in [2.24, 2.45) is 39.6 Å². The van der Waals surface area contributed by atoms with Crippen LogP contribution in [0.25, 0.3) is 0 Å². The molecular formula is C35H50ClN3O9S3. The van der Waals surface area contributed by atoms with Gasteiger partial charge in [-0.25, -0.2) is 22.0 Å². The fourth-order valence-electron chi connectivity index (χ4n) is 9.80. The number of thioether (sulfide) groups is 1. The number of carboxylic acids is 1. The third kappa shape index (κ3) is 7.81. The summed E-state index contributed by atoms with van der Waals surface area (Å²) >= 11 is 7.29. The number of ketones is 1. The summed E-state index contributed by atoms with van der Waals surface area (Å²) in [5, 5.41) is 28.9. The quantitative estimate of drug-likeness (QED) is 0.235. The first kappa shape index (κ1) is 40.2. The number of fused-ring (bicyclic) bond motifs is 6. The molecule has 3 saturated carbocycles. The molecule has 51 heavy (non-hydrogen) atoms. The molecule has 2 unspecified atom stereocenters. The average Bonchev–Trinajstić information content (AvgIpc) is 3.25. The molecule has 284 valence electrons. The molecule has 12 nitrogen and oxygen atoms in total. The Morgan fingerprint density at radius 1 is 1.14 bits per heavy atom. The van der Waals surface area contributed by atoms with Crippen molar-refractivity contribution in [3.63, 3.8) is 0 Å². The maximum absolute atomic E-state index is 12.2. The van der Waals surface area contributed by atoms with E-state index < -0.39 is 42.7 Å². The molecule has 1 aliphatic heterocycles. The van der Waals surface area contributed by atoms with E-state index in [9.17, 15) is 41.4 Å². The van der Waals surface area contributed by atoms with Gasteiger partial charge in [0.15, 0.2) is 10.9 Å². The van der Waals surface area contributed by atoms with Crippen molar-refractivity contribution < 1.29 is 41.4 Å². The van der Waals surface area contributed by atoms with Gasteiger partial charge in [0.25, 0.3) is 0 Å². The number of hydrogen-bond acceptors (Lipinski definition) is 10. The van der Waals surface area contributed by atoms with Crippen molar-refractivity contribution in [2.75, 3.05) is 5.32 Å². The highest BCUT2D eigenvalue weighted by atomic mass is 35.5. The first-order valence-electron chi connectivity index (χ1n) is 17.5. The van der Waals surface area contributed by atoms with Gasteiger partial charge < -0.3 is 15.5 Å². The number of nitrogens with two attached hydrogens (primary N) is 1. The zero-order valence-electron chi connectivity index (χ0n) is 29.7. The molecule has 0 saturated heterocycles. The van der Waals surface area contributed by atoms with E-state index in [-0.39, 0.29) is 60.8 Å². The molecule has 6 rings (SSSR count). The van der Waals surface area contributed by atoms with E-state index in [1.807, 2.05) is 19.9 Å². The normalized spacial score (nSPS) is 35.2. The third-order valence-corrected chi connectivity index (χ3v) is 16.3. The van der Waals surface area contributed by atoms with Crippen LogP contribution in [0.1, 0.15) is 98.8 Å². The van der Waals surface area contributed by atoms with Crippen LogP contribution in [0.2, 0.25) is 5.02 Å². The average molecular weight is 788 g/mol. The second kappa shape index (κ2) is 14.3. The summed E-state index contributed by atoms with van der Waals surface area (Å²) in [6.45, 7) is 10.0. The highest BCUT2D eigenvalue weighted by Gasteiger charge is 2.65. The van der Waals surface area contributed by atoms with E-state index in [0.717, 1.165) is 38.2 Å². The third-order valence-electron chi connectivity index (χ3n) is 12.3. The molecule has 1 heterocycles. The van der Waals surface area contributed by atoms with E-state index in [2.05, 4.69) is 23.9 Å². The zero-order valence-corrected chi connectivity index (χ0v) is 32.9. The van der Waals surface area contributed by atoms with E-state index in [4.69, 9.17) is 16.7 Å². The summed E-state index contributed by atoms with van der Waals surface area (Å²) in [5.41, 5.74) is 0.210. The molecule has 5 aliphatic rings. The van der Waals surface area contributed by atoms with Crippen LogP contribution in [-0.4, -0.2) is 60.9 Å². The summed E-state index contributed by atoms with van der Waals surface area (Å²) in [5.74, 6) is 0.612. The van der Waals surface area contributed by atoms with Crippen LogP contribution >= 0.6 is 23.4 Å². The van der Waals surface area contributed by atoms with Gasteiger partial charge in [-0.3, -0.25) is 14.4 Å². The summed E-state index contributed by atoms with van der Waals surface area (Å²) in [7, 11) is -7.93. The van der Waals surface area contributed by atoms with Gasteiger partial charge in [-0.2, -0.15) is 4.72 Å². The minimum atomic E-state index is -4.10. The lowest BCUT2D eigenvalue weighted by Gasteiger charge is -2.61. The minimum Gasteiger partial charge on any atom is -0.481 e. The SMILES string of the molecule is CC(=O)S[C@@H]1CC2=CC(=O)CC[C@]2(C)[C@H]2CC[C@@]3(C)[C@@H](CCC3(O)CCC(=O)O)[C@H]12.CC(C)CC1Nc2cc(Cl)c(S(N)(=O)=O)cc2S(=O)(=O)N1. The number of nitrogens with one attached hydrogen (secondary N) is 2. The van der Waals surface area contributed by atoms with Crippen molar-refractivity contribution >= 4 is 66.0 Å². The number of anilines is 1. The Balaban J connectivity index is 0.000000211. The van der Waals surface area contributed by atoms with E-state index in [1.165, 1.54) is 23.4 Å². The molecule has 16 heteroatoms. The van der Waals surface area contributed by atoms with Gasteiger partial charge in [0, 0.05) is 25.0 Å². The highest BCUT2D eigenvalue weighted by Crippen LogP contribution is 2.69. The van der Waals surface area contributed by atoms with Crippen LogP contribution in [0, 0.1) is 34.5 Å². The molecule has 0 amide bonds. The lowest BCUT2D eigenvalue weighted by atomic mass is 9.46. The van der Waals surface area contributed by atoms with Crippen LogP contribution in [0.15, 0.2) is 33.6 Å². The number of allylic oxidation sites excluding steroid dienone is 1. The van der Waals surface area contributed by atoms with Gasteiger partial charge in [0.1, 0.15) is 9.79 Å². The predicted octanol–water partition coefficient (Wildman–Crippen LogP) is 5.44. The van der Waals surface area contributed by atoms with Crippen molar-refractivity contribution in [1.82, 2.24) is 4.72 Å². The molecule has 0 bridgehead atoms. The van der Waals surface area contributed by atoms with E-state index in [1.54, 1.807) is 6.92 Å². The number of primary sulfonamides is 1. The van der Waals surface area contributed by atoms with Gasteiger partial charge in [-0.05, 0) is 104 Å². The van der Waals surface area contributed by atoms with Gasteiger partial charge in [0.05, 0.1) is 22.5 Å². The molecule has 0 aromatic heterocycles. The maximum Gasteiger partial charge on any atom is 0.303 e. The predicted molar refractivity (Wildman–Crippen MR) is 196 cm³/mol. The van der Waals surface area contributed by atoms with Gasteiger partial charge >= 0.3 is 5.97 Å². The molecule has 4 aliphatic carbocycles. The fourth-order valence-corrected chi connectivity index (χ4v) is 13.5. The molecule has 1 aromatic rings. The van der Waals surface area contributed by atoms with Crippen LogP contribution in [0.3, 0.4) is 0 Å². The molecular weight excluding hydrogens is 738 g/mol. The van der Waals surface area contributed by atoms with E-state index in [0.29, 0.717) is 37.5 Å². The van der Waals surface area contributed by atoms with Crippen molar-refractivity contribution in [3.05, 3.63) is 28.8 Å². The molecule has 0 radical (unpaired) electrons. The van der Waals surface area contributed by atoms with Crippen molar-refractivity contribution in [2.45, 2.75) is 126 Å². The first-order chi connectivity index (χ1) is 23.5. The second-order valence-corrected chi connectivity index (χ2v) is 20.9. The largest absolute Gasteiger partial charge is 0.481 e. The molecule has 0 spiro atoms. The molecule has 8 atom stereocenters. The Labute approximate surface area is 310 Å². The number of sulfonamides is 2. The maximum atomic E-state index is 12.2. The Morgan fingerprint density at radius 3 is 2.41 bits per heavy atom. The van der Waals surface area contributed by atoms with Gasteiger partial charge in [-0.15, -0.1) is 0 Å². The Morgan fingerprint density at radius 2 is 1.80 bits per heavy atom.